The van der Waals surface area contributed by atoms with Gasteiger partial charge in [-0.3, -0.25) is 0 Å². The number of nitrogens with one attached hydrogen (secondary N) is 1. The molecule has 1 aromatic carbocycles. The predicted molar refractivity (Wildman–Crippen MR) is 80.4 cm³/mol. The van der Waals surface area contributed by atoms with Crippen molar-refractivity contribution in [2.75, 3.05) is 11.9 Å². The lowest BCUT2D eigenvalue weighted by Gasteiger charge is -2.26. The van der Waals surface area contributed by atoms with Crippen LogP contribution in [0, 0.1) is 23.2 Å². The Morgan fingerprint density at radius 3 is 2.74 bits per heavy atom. The van der Waals surface area contributed by atoms with Gasteiger partial charge in [0.15, 0.2) is 0 Å². The van der Waals surface area contributed by atoms with Crippen LogP contribution < -0.4 is 5.32 Å². The molecule has 0 saturated heterocycles. The van der Waals surface area contributed by atoms with Gasteiger partial charge in [-0.05, 0) is 36.5 Å². The molecule has 1 aliphatic rings. The van der Waals surface area contributed by atoms with E-state index >= 15 is 0 Å². The monoisotopic (exact) mass is 276 g/mol. The van der Waals surface area contributed by atoms with Gasteiger partial charge in [0.2, 0.25) is 0 Å². The van der Waals surface area contributed by atoms with Gasteiger partial charge in [0, 0.05) is 11.6 Å². The summed E-state index contributed by atoms with van der Waals surface area (Å²) in [6, 6.07) is 7.56. The Hall–Kier alpha value is -1.20. The molecule has 0 heterocycles. The number of nitrogens with zero attached hydrogens (tertiary/aromatic N) is 1. The highest BCUT2D eigenvalue weighted by atomic mass is 35.5. The zero-order valence-electron chi connectivity index (χ0n) is 11.5. The highest BCUT2D eigenvalue weighted by molar-refractivity contribution is 6.30. The summed E-state index contributed by atoms with van der Waals surface area (Å²) in [7, 11) is 0. The van der Waals surface area contributed by atoms with E-state index in [4.69, 9.17) is 16.9 Å². The van der Waals surface area contributed by atoms with E-state index in [1.165, 1.54) is 32.1 Å². The summed E-state index contributed by atoms with van der Waals surface area (Å²) in [6.07, 6.45) is 6.62. The molecule has 1 N–H and O–H groups in total. The quantitative estimate of drug-likeness (QED) is 0.854. The first-order valence-electron chi connectivity index (χ1n) is 7.12. The molecule has 1 aromatic rings. The molecule has 0 aromatic heterocycles. The Morgan fingerprint density at radius 1 is 1.32 bits per heavy atom. The summed E-state index contributed by atoms with van der Waals surface area (Å²) in [5.74, 6) is 1.75. The van der Waals surface area contributed by atoms with Gasteiger partial charge in [-0.2, -0.15) is 5.26 Å². The summed E-state index contributed by atoms with van der Waals surface area (Å²) < 4.78 is 0. The van der Waals surface area contributed by atoms with Gasteiger partial charge in [-0.15, -0.1) is 0 Å². The van der Waals surface area contributed by atoms with Gasteiger partial charge in [0.05, 0.1) is 11.3 Å². The fourth-order valence-electron chi connectivity index (χ4n) is 2.79. The van der Waals surface area contributed by atoms with Gasteiger partial charge < -0.3 is 5.32 Å². The molecule has 0 spiro atoms. The molecule has 2 nitrogen and oxygen atoms in total. The van der Waals surface area contributed by atoms with E-state index in [9.17, 15) is 0 Å². The van der Waals surface area contributed by atoms with Crippen molar-refractivity contribution < 1.29 is 0 Å². The molecular formula is C16H21ClN2. The van der Waals surface area contributed by atoms with Crippen LogP contribution in [0.5, 0.6) is 0 Å². The highest BCUT2D eigenvalue weighted by Crippen LogP contribution is 2.30. The zero-order valence-corrected chi connectivity index (χ0v) is 12.2. The molecule has 1 fully saturated rings. The van der Waals surface area contributed by atoms with Gasteiger partial charge in [-0.25, -0.2) is 0 Å². The molecular weight excluding hydrogens is 256 g/mol. The number of rotatable bonds is 4. The minimum absolute atomic E-state index is 0.668. The Bertz CT molecular complexity index is 456. The van der Waals surface area contributed by atoms with Crippen LogP contribution in [0.4, 0.5) is 5.69 Å². The maximum atomic E-state index is 9.05. The standard InChI is InChI=1S/C16H21ClN2/c1-12-2-4-13(5-3-12)8-9-19-16-10-15(17)7-6-14(16)11-18/h6-7,10,12-13,19H,2-5,8-9H2,1H3. The summed E-state index contributed by atoms with van der Waals surface area (Å²) in [4.78, 5) is 0. The fourth-order valence-corrected chi connectivity index (χ4v) is 2.96. The second-order valence-corrected chi connectivity index (χ2v) is 6.08. The number of nitriles is 1. The lowest BCUT2D eigenvalue weighted by molar-refractivity contribution is 0.282. The Morgan fingerprint density at radius 2 is 2.05 bits per heavy atom. The first kappa shape index (κ1) is 14.2. The third kappa shape index (κ3) is 4.14. The first-order chi connectivity index (χ1) is 9.19. The van der Waals surface area contributed by atoms with Crippen molar-refractivity contribution in [3.63, 3.8) is 0 Å². The molecule has 0 amide bonds. The third-order valence-corrected chi connectivity index (χ3v) is 4.34. The number of halogens is 1. The maximum Gasteiger partial charge on any atom is 0.101 e. The van der Waals surface area contributed by atoms with Crippen molar-refractivity contribution in [1.82, 2.24) is 0 Å². The summed E-state index contributed by atoms with van der Waals surface area (Å²) in [5, 5.41) is 13.1. The Kier molecular flexibility index (Phi) is 5.10. The van der Waals surface area contributed by atoms with Crippen molar-refractivity contribution in [3.05, 3.63) is 28.8 Å². The van der Waals surface area contributed by atoms with Crippen LogP contribution in [0.3, 0.4) is 0 Å². The van der Waals surface area contributed by atoms with Crippen LogP contribution in [0.25, 0.3) is 0 Å². The number of anilines is 1. The van der Waals surface area contributed by atoms with Crippen LogP contribution in [-0.4, -0.2) is 6.54 Å². The number of benzene rings is 1. The van der Waals surface area contributed by atoms with E-state index in [0.29, 0.717) is 10.6 Å². The molecule has 1 aliphatic carbocycles. The Labute approximate surface area is 120 Å². The van der Waals surface area contributed by atoms with Crippen LogP contribution in [0.1, 0.15) is 44.6 Å². The highest BCUT2D eigenvalue weighted by Gasteiger charge is 2.17. The van der Waals surface area contributed by atoms with Crippen LogP contribution in [0.15, 0.2) is 18.2 Å². The van der Waals surface area contributed by atoms with E-state index in [1.807, 2.05) is 6.07 Å². The normalized spacial score (nSPS) is 22.8. The topological polar surface area (TPSA) is 35.8 Å². The molecule has 19 heavy (non-hydrogen) atoms. The van der Waals surface area contributed by atoms with Crippen molar-refractivity contribution in [1.29, 1.82) is 5.26 Å². The average Bonchev–Trinajstić information content (AvgIpc) is 2.41. The molecule has 3 heteroatoms. The molecule has 0 aliphatic heterocycles. The molecule has 2 rings (SSSR count). The van der Waals surface area contributed by atoms with E-state index in [0.717, 1.165) is 24.1 Å². The Balaban J connectivity index is 1.83. The summed E-state index contributed by atoms with van der Waals surface area (Å²) in [5.41, 5.74) is 1.53. The lowest BCUT2D eigenvalue weighted by atomic mass is 9.81. The van der Waals surface area contributed by atoms with E-state index in [2.05, 4.69) is 18.3 Å². The minimum Gasteiger partial charge on any atom is -0.384 e. The first-order valence-corrected chi connectivity index (χ1v) is 7.50. The van der Waals surface area contributed by atoms with Gasteiger partial charge >= 0.3 is 0 Å². The second-order valence-electron chi connectivity index (χ2n) is 5.64. The maximum absolute atomic E-state index is 9.05. The number of hydrogen-bond acceptors (Lipinski definition) is 2. The average molecular weight is 277 g/mol. The zero-order chi connectivity index (χ0) is 13.7. The van der Waals surface area contributed by atoms with Gasteiger partial charge in [0.25, 0.3) is 0 Å². The van der Waals surface area contributed by atoms with E-state index in [1.54, 1.807) is 12.1 Å². The van der Waals surface area contributed by atoms with E-state index in [-0.39, 0.29) is 0 Å². The largest absolute Gasteiger partial charge is 0.384 e. The van der Waals surface area contributed by atoms with Crippen molar-refractivity contribution in [2.45, 2.75) is 39.0 Å². The third-order valence-electron chi connectivity index (χ3n) is 4.11. The number of hydrogen-bond donors (Lipinski definition) is 1. The van der Waals surface area contributed by atoms with Gasteiger partial charge in [0.1, 0.15) is 6.07 Å². The molecule has 1 saturated carbocycles. The SMILES string of the molecule is CC1CCC(CCNc2cc(Cl)ccc2C#N)CC1. The predicted octanol–water partition coefficient (Wildman–Crippen LogP) is 4.84. The second kappa shape index (κ2) is 6.82. The van der Waals surface area contributed by atoms with Crippen LogP contribution in [0.2, 0.25) is 5.02 Å². The summed E-state index contributed by atoms with van der Waals surface area (Å²) in [6.45, 7) is 3.27. The van der Waals surface area contributed by atoms with Gasteiger partial charge in [-0.1, -0.05) is 44.2 Å². The molecule has 0 unspecified atom stereocenters. The minimum atomic E-state index is 0.668. The molecule has 102 valence electrons. The smallest absolute Gasteiger partial charge is 0.101 e. The fraction of sp³-hybridized carbons (Fsp3) is 0.562. The molecule has 0 radical (unpaired) electrons. The van der Waals surface area contributed by atoms with Crippen LogP contribution in [-0.2, 0) is 0 Å². The van der Waals surface area contributed by atoms with Crippen LogP contribution >= 0.6 is 11.6 Å². The van der Waals surface area contributed by atoms with Crippen molar-refractivity contribution in [3.8, 4) is 6.07 Å². The molecule has 0 atom stereocenters. The van der Waals surface area contributed by atoms with E-state index < -0.39 is 0 Å². The van der Waals surface area contributed by atoms with Crippen molar-refractivity contribution in [2.24, 2.45) is 11.8 Å². The van der Waals surface area contributed by atoms with Crippen molar-refractivity contribution >= 4 is 17.3 Å². The summed E-state index contributed by atoms with van der Waals surface area (Å²) >= 11 is 5.97. The molecule has 0 bridgehead atoms. The lowest BCUT2D eigenvalue weighted by Crippen LogP contribution is -2.16.